The van der Waals surface area contributed by atoms with Crippen molar-refractivity contribution in [1.29, 1.82) is 0 Å². The predicted molar refractivity (Wildman–Crippen MR) is 80.6 cm³/mol. The fourth-order valence-corrected chi connectivity index (χ4v) is 2.33. The molecule has 0 saturated carbocycles. The van der Waals surface area contributed by atoms with Gasteiger partial charge in [0.1, 0.15) is 17.3 Å². The molecule has 0 saturated heterocycles. The Labute approximate surface area is 125 Å². The minimum Gasteiger partial charge on any atom is -0.508 e. The van der Waals surface area contributed by atoms with Gasteiger partial charge in [-0.15, -0.1) is 0 Å². The Balaban J connectivity index is 2.27. The quantitative estimate of drug-likeness (QED) is 0.772. The molecule has 0 spiro atoms. The first-order valence-electron chi connectivity index (χ1n) is 6.12. The van der Waals surface area contributed by atoms with Crippen molar-refractivity contribution in [1.82, 2.24) is 0 Å². The number of nitrogens with one attached hydrogen (secondary N) is 1. The highest BCUT2D eigenvalue weighted by Crippen LogP contribution is 2.30. The van der Waals surface area contributed by atoms with Gasteiger partial charge in [0, 0.05) is 17.8 Å². The highest BCUT2D eigenvalue weighted by molar-refractivity contribution is 9.10. The van der Waals surface area contributed by atoms with Gasteiger partial charge in [0.05, 0.1) is 4.47 Å². The Morgan fingerprint density at radius 2 is 1.70 bits per heavy atom. The van der Waals surface area contributed by atoms with Crippen LogP contribution in [0.2, 0.25) is 0 Å². The van der Waals surface area contributed by atoms with E-state index in [1.807, 2.05) is 13.8 Å². The Kier molecular flexibility index (Phi) is 4.18. The minimum absolute atomic E-state index is 0.00524. The van der Waals surface area contributed by atoms with Gasteiger partial charge in [-0.1, -0.05) is 0 Å². The summed E-state index contributed by atoms with van der Waals surface area (Å²) >= 11 is 3.15. The molecule has 0 radical (unpaired) electrons. The van der Waals surface area contributed by atoms with Crippen molar-refractivity contribution in [2.24, 2.45) is 0 Å². The van der Waals surface area contributed by atoms with E-state index >= 15 is 0 Å². The molecule has 0 heterocycles. The molecule has 0 aromatic heterocycles. The van der Waals surface area contributed by atoms with Crippen molar-refractivity contribution in [2.45, 2.75) is 19.9 Å². The zero-order chi connectivity index (χ0) is 14.9. The van der Waals surface area contributed by atoms with E-state index in [1.165, 1.54) is 12.1 Å². The van der Waals surface area contributed by atoms with E-state index in [1.54, 1.807) is 18.2 Å². The summed E-state index contributed by atoms with van der Waals surface area (Å²) in [6.45, 7) is 3.70. The molecular formula is C15H15BrFNO2. The molecule has 1 unspecified atom stereocenters. The fraction of sp³-hybridized carbons (Fsp3) is 0.200. The molecule has 0 bridgehead atoms. The zero-order valence-corrected chi connectivity index (χ0v) is 12.7. The summed E-state index contributed by atoms with van der Waals surface area (Å²) in [6, 6.07) is 7.39. The first-order chi connectivity index (χ1) is 9.36. The summed E-state index contributed by atoms with van der Waals surface area (Å²) in [7, 11) is 0. The fourth-order valence-electron chi connectivity index (χ4n) is 1.99. The molecule has 2 aromatic carbocycles. The number of anilines is 1. The predicted octanol–water partition coefficient (Wildman–Crippen LogP) is 4.48. The Hall–Kier alpha value is -1.75. The molecule has 0 aliphatic heterocycles. The van der Waals surface area contributed by atoms with Gasteiger partial charge in [0.2, 0.25) is 0 Å². The van der Waals surface area contributed by atoms with Crippen molar-refractivity contribution in [2.75, 3.05) is 5.32 Å². The second-order valence-corrected chi connectivity index (χ2v) is 5.58. The van der Waals surface area contributed by atoms with E-state index < -0.39 is 0 Å². The third kappa shape index (κ3) is 3.22. The second-order valence-electron chi connectivity index (χ2n) is 4.73. The lowest BCUT2D eigenvalue weighted by atomic mass is 10.1. The van der Waals surface area contributed by atoms with E-state index in [9.17, 15) is 14.6 Å². The average molecular weight is 340 g/mol. The molecule has 0 aliphatic carbocycles. The number of aryl methyl sites for hydroxylation is 1. The summed E-state index contributed by atoms with van der Waals surface area (Å²) in [5.41, 5.74) is 2.30. The van der Waals surface area contributed by atoms with Gasteiger partial charge in [-0.25, -0.2) is 4.39 Å². The van der Waals surface area contributed by atoms with Crippen LogP contribution in [0, 0.1) is 12.7 Å². The molecule has 1 atom stereocenters. The lowest BCUT2D eigenvalue weighted by Crippen LogP contribution is -2.08. The maximum absolute atomic E-state index is 13.4. The van der Waals surface area contributed by atoms with Crippen LogP contribution in [0.3, 0.4) is 0 Å². The largest absolute Gasteiger partial charge is 0.508 e. The van der Waals surface area contributed by atoms with Crippen molar-refractivity contribution in [3.8, 4) is 11.5 Å². The molecular weight excluding hydrogens is 325 g/mol. The topological polar surface area (TPSA) is 52.5 Å². The molecule has 3 N–H and O–H groups in total. The summed E-state index contributed by atoms with van der Waals surface area (Å²) < 4.78 is 13.8. The molecule has 5 heteroatoms. The lowest BCUT2D eigenvalue weighted by molar-refractivity contribution is 0.448. The molecule has 0 fully saturated rings. The molecule has 2 aromatic rings. The number of hydrogen-bond acceptors (Lipinski definition) is 3. The Morgan fingerprint density at radius 1 is 1.10 bits per heavy atom. The smallest absolute Gasteiger partial charge is 0.137 e. The van der Waals surface area contributed by atoms with E-state index in [2.05, 4.69) is 21.2 Å². The van der Waals surface area contributed by atoms with Gasteiger partial charge in [-0.3, -0.25) is 0 Å². The first kappa shape index (κ1) is 14.7. The Morgan fingerprint density at radius 3 is 2.30 bits per heavy atom. The SMILES string of the molecule is Cc1cc(F)c(Br)cc1NC(C)c1cc(O)cc(O)c1. The van der Waals surface area contributed by atoms with Gasteiger partial charge in [0.25, 0.3) is 0 Å². The van der Waals surface area contributed by atoms with Gasteiger partial charge in [-0.2, -0.15) is 0 Å². The first-order valence-corrected chi connectivity index (χ1v) is 6.91. The van der Waals surface area contributed by atoms with Crippen LogP contribution in [-0.2, 0) is 0 Å². The summed E-state index contributed by atoms with van der Waals surface area (Å²) in [4.78, 5) is 0. The number of hydrogen-bond donors (Lipinski definition) is 3. The highest BCUT2D eigenvalue weighted by atomic mass is 79.9. The van der Waals surface area contributed by atoms with Crippen LogP contribution in [-0.4, -0.2) is 10.2 Å². The van der Waals surface area contributed by atoms with Crippen LogP contribution in [0.1, 0.15) is 24.1 Å². The van der Waals surface area contributed by atoms with Gasteiger partial charge < -0.3 is 15.5 Å². The number of rotatable bonds is 3. The van der Waals surface area contributed by atoms with Crippen LogP contribution in [0.25, 0.3) is 0 Å². The average Bonchev–Trinajstić information content (AvgIpc) is 2.34. The molecule has 20 heavy (non-hydrogen) atoms. The van der Waals surface area contributed by atoms with Crippen LogP contribution in [0.5, 0.6) is 11.5 Å². The summed E-state index contributed by atoms with van der Waals surface area (Å²) in [5.74, 6) is -0.299. The van der Waals surface area contributed by atoms with Gasteiger partial charge in [-0.05, 0) is 65.2 Å². The molecule has 3 nitrogen and oxygen atoms in total. The number of aromatic hydroxyl groups is 2. The number of phenols is 2. The Bertz CT molecular complexity index is 626. The van der Waals surface area contributed by atoms with E-state index in [0.717, 1.165) is 16.8 Å². The van der Waals surface area contributed by atoms with Crippen LogP contribution < -0.4 is 5.32 Å². The summed E-state index contributed by atoms with van der Waals surface area (Å²) in [5, 5.41) is 22.2. The number of phenolic OH excluding ortho intramolecular Hbond substituents is 2. The second kappa shape index (κ2) is 5.71. The van der Waals surface area contributed by atoms with E-state index in [0.29, 0.717) is 4.47 Å². The minimum atomic E-state index is -0.310. The normalized spacial score (nSPS) is 12.2. The van der Waals surface area contributed by atoms with Crippen molar-refractivity contribution in [3.63, 3.8) is 0 Å². The monoisotopic (exact) mass is 339 g/mol. The highest BCUT2D eigenvalue weighted by Gasteiger charge is 2.11. The third-order valence-electron chi connectivity index (χ3n) is 3.06. The van der Waals surface area contributed by atoms with Crippen molar-refractivity contribution >= 4 is 21.6 Å². The van der Waals surface area contributed by atoms with Crippen LogP contribution in [0.4, 0.5) is 10.1 Å². The molecule has 2 rings (SSSR count). The van der Waals surface area contributed by atoms with E-state index in [-0.39, 0.29) is 23.4 Å². The zero-order valence-electron chi connectivity index (χ0n) is 11.1. The van der Waals surface area contributed by atoms with Crippen LogP contribution >= 0.6 is 15.9 Å². The molecule has 106 valence electrons. The summed E-state index contributed by atoms with van der Waals surface area (Å²) in [6.07, 6.45) is 0. The number of benzene rings is 2. The maximum atomic E-state index is 13.4. The van der Waals surface area contributed by atoms with Crippen molar-refractivity contribution < 1.29 is 14.6 Å². The number of halogens is 2. The molecule has 0 amide bonds. The lowest BCUT2D eigenvalue weighted by Gasteiger charge is -2.18. The van der Waals surface area contributed by atoms with Crippen LogP contribution in [0.15, 0.2) is 34.8 Å². The van der Waals surface area contributed by atoms with E-state index in [4.69, 9.17) is 0 Å². The van der Waals surface area contributed by atoms with Crippen molar-refractivity contribution in [3.05, 3.63) is 51.7 Å². The molecule has 0 aliphatic rings. The van der Waals surface area contributed by atoms with Gasteiger partial charge in [0.15, 0.2) is 0 Å². The van der Waals surface area contributed by atoms with Gasteiger partial charge >= 0.3 is 0 Å². The standard InChI is InChI=1S/C15H15BrFNO2/c1-8-3-14(17)13(16)7-15(8)18-9(2)10-4-11(19)6-12(20)5-10/h3-7,9,18-20H,1-2H3. The third-order valence-corrected chi connectivity index (χ3v) is 3.67. The maximum Gasteiger partial charge on any atom is 0.137 e.